The molecule has 1 heterocycles. The quantitative estimate of drug-likeness (QED) is 0.838. The van der Waals surface area contributed by atoms with E-state index in [4.69, 9.17) is 4.74 Å². The van der Waals surface area contributed by atoms with E-state index in [0.29, 0.717) is 6.61 Å². The second-order valence-electron chi connectivity index (χ2n) is 4.80. The summed E-state index contributed by atoms with van der Waals surface area (Å²) in [6.45, 7) is 2.27. The maximum Gasteiger partial charge on any atom is 0.328 e. The van der Waals surface area contributed by atoms with E-state index in [1.165, 1.54) is 16.3 Å². The van der Waals surface area contributed by atoms with E-state index >= 15 is 0 Å². The molecule has 0 aromatic heterocycles. The first-order valence-electron chi connectivity index (χ1n) is 6.73. The number of hydrogen-bond acceptors (Lipinski definition) is 3. The Morgan fingerprint density at radius 3 is 3.00 bits per heavy atom. The highest BCUT2D eigenvalue weighted by Gasteiger charge is 2.25. The highest BCUT2D eigenvalue weighted by molar-refractivity contribution is 5.92. The molecule has 0 saturated carbocycles. The molecule has 1 N–H and O–H groups in total. The maximum absolute atomic E-state index is 11.8. The molecule has 0 unspecified atom stereocenters. The lowest BCUT2D eigenvalue weighted by Crippen LogP contribution is -2.35. The van der Waals surface area contributed by atoms with Crippen LogP contribution in [0.3, 0.4) is 0 Å². The Hall–Kier alpha value is -2.03. The van der Waals surface area contributed by atoms with Crippen molar-refractivity contribution in [2.75, 3.05) is 11.9 Å². The number of carbonyl (C=O) groups is 1. The molecule has 2 aromatic rings. The highest BCUT2D eigenvalue weighted by atomic mass is 16.5. The molecule has 0 amide bonds. The molecule has 2 aromatic carbocycles. The van der Waals surface area contributed by atoms with Crippen LogP contribution >= 0.6 is 0 Å². The zero-order valence-electron chi connectivity index (χ0n) is 11.0. The fourth-order valence-corrected chi connectivity index (χ4v) is 2.71. The molecule has 0 bridgehead atoms. The van der Waals surface area contributed by atoms with Crippen molar-refractivity contribution < 1.29 is 9.53 Å². The van der Waals surface area contributed by atoms with E-state index in [-0.39, 0.29) is 12.0 Å². The fourth-order valence-electron chi connectivity index (χ4n) is 2.71. The summed E-state index contributed by atoms with van der Waals surface area (Å²) in [5, 5.41) is 5.82. The summed E-state index contributed by atoms with van der Waals surface area (Å²) >= 11 is 0. The summed E-state index contributed by atoms with van der Waals surface area (Å²) in [5.41, 5.74) is 2.36. The molecule has 3 rings (SSSR count). The van der Waals surface area contributed by atoms with Gasteiger partial charge in [-0.05, 0) is 42.2 Å². The van der Waals surface area contributed by atoms with Crippen molar-refractivity contribution in [3.8, 4) is 0 Å². The maximum atomic E-state index is 11.8. The minimum absolute atomic E-state index is 0.152. The van der Waals surface area contributed by atoms with Crippen LogP contribution in [0.1, 0.15) is 18.9 Å². The lowest BCUT2D eigenvalue weighted by Gasteiger charge is -2.26. The molecular formula is C16H17NO2. The average Bonchev–Trinajstić information content (AvgIpc) is 2.46. The van der Waals surface area contributed by atoms with Gasteiger partial charge in [0.25, 0.3) is 0 Å². The van der Waals surface area contributed by atoms with Crippen molar-refractivity contribution in [1.82, 2.24) is 0 Å². The molecule has 3 heteroatoms. The predicted octanol–water partition coefficient (Wildman–Crippen LogP) is 3.13. The molecule has 0 saturated heterocycles. The molecule has 0 radical (unpaired) electrons. The van der Waals surface area contributed by atoms with E-state index < -0.39 is 0 Å². The van der Waals surface area contributed by atoms with Crippen molar-refractivity contribution in [2.45, 2.75) is 25.8 Å². The zero-order chi connectivity index (χ0) is 13.2. The monoisotopic (exact) mass is 255 g/mol. The Bertz CT molecular complexity index is 621. The Kier molecular flexibility index (Phi) is 3.11. The summed E-state index contributed by atoms with van der Waals surface area (Å²) in [6.07, 6.45) is 1.70. The Labute approximate surface area is 112 Å². The number of anilines is 1. The largest absolute Gasteiger partial charge is 0.464 e. The standard InChI is InChI=1S/C16H17NO2/c1-2-19-16(18)15-10-8-13-12-6-4-3-5-11(12)7-9-14(13)17-15/h3-7,9,15,17H,2,8,10H2,1H3/t15-/m1/s1. The number of carbonyl (C=O) groups excluding carboxylic acids is 1. The lowest BCUT2D eigenvalue weighted by atomic mass is 9.93. The van der Waals surface area contributed by atoms with Crippen LogP contribution in [0.4, 0.5) is 5.69 Å². The van der Waals surface area contributed by atoms with Crippen LogP contribution in [0.5, 0.6) is 0 Å². The van der Waals surface area contributed by atoms with Gasteiger partial charge < -0.3 is 10.1 Å². The zero-order valence-corrected chi connectivity index (χ0v) is 11.0. The summed E-state index contributed by atoms with van der Waals surface area (Å²) in [4.78, 5) is 11.8. The van der Waals surface area contributed by atoms with Gasteiger partial charge in [-0.25, -0.2) is 4.79 Å². The number of fused-ring (bicyclic) bond motifs is 3. The number of rotatable bonds is 2. The van der Waals surface area contributed by atoms with Gasteiger partial charge in [-0.3, -0.25) is 0 Å². The van der Waals surface area contributed by atoms with Crippen LogP contribution < -0.4 is 5.32 Å². The molecule has 0 fully saturated rings. The van der Waals surface area contributed by atoms with Crippen molar-refractivity contribution in [2.24, 2.45) is 0 Å². The normalized spacial score (nSPS) is 17.6. The smallest absolute Gasteiger partial charge is 0.328 e. The number of nitrogens with one attached hydrogen (secondary N) is 1. The first kappa shape index (κ1) is 12.0. The first-order valence-corrected chi connectivity index (χ1v) is 6.73. The minimum atomic E-state index is -0.214. The number of hydrogen-bond donors (Lipinski definition) is 1. The SMILES string of the molecule is CCOC(=O)[C@H]1CCc2c(ccc3ccccc23)N1. The molecule has 0 spiro atoms. The van der Waals surface area contributed by atoms with Crippen molar-refractivity contribution >= 4 is 22.4 Å². The van der Waals surface area contributed by atoms with Gasteiger partial charge in [0.1, 0.15) is 6.04 Å². The first-order chi connectivity index (χ1) is 9.29. The second-order valence-corrected chi connectivity index (χ2v) is 4.80. The van der Waals surface area contributed by atoms with Crippen LogP contribution in [0, 0.1) is 0 Å². The van der Waals surface area contributed by atoms with Gasteiger partial charge in [0, 0.05) is 5.69 Å². The summed E-state index contributed by atoms with van der Waals surface area (Å²) in [7, 11) is 0. The van der Waals surface area contributed by atoms with Crippen LogP contribution in [-0.2, 0) is 16.0 Å². The summed E-state index contributed by atoms with van der Waals surface area (Å²) in [6, 6.07) is 12.3. The predicted molar refractivity (Wildman–Crippen MR) is 76.3 cm³/mol. The number of aryl methyl sites for hydroxylation is 1. The molecule has 19 heavy (non-hydrogen) atoms. The van der Waals surface area contributed by atoms with E-state index in [1.54, 1.807) is 0 Å². The van der Waals surface area contributed by atoms with Crippen LogP contribution in [0.25, 0.3) is 10.8 Å². The van der Waals surface area contributed by atoms with Gasteiger partial charge in [0.2, 0.25) is 0 Å². The highest BCUT2D eigenvalue weighted by Crippen LogP contribution is 2.31. The Morgan fingerprint density at radius 2 is 2.16 bits per heavy atom. The third-order valence-corrected chi connectivity index (χ3v) is 3.62. The van der Waals surface area contributed by atoms with Crippen molar-refractivity contribution in [3.05, 3.63) is 42.0 Å². The second kappa shape index (κ2) is 4.92. The number of benzene rings is 2. The number of ether oxygens (including phenoxy) is 1. The molecule has 0 aliphatic carbocycles. The van der Waals surface area contributed by atoms with Crippen LogP contribution in [0.15, 0.2) is 36.4 Å². The Balaban J connectivity index is 1.94. The van der Waals surface area contributed by atoms with Gasteiger partial charge in [-0.15, -0.1) is 0 Å². The lowest BCUT2D eigenvalue weighted by molar-refractivity contribution is -0.144. The molecule has 1 atom stereocenters. The molecule has 3 nitrogen and oxygen atoms in total. The van der Waals surface area contributed by atoms with Crippen LogP contribution in [0.2, 0.25) is 0 Å². The molecule has 98 valence electrons. The molecule has 1 aliphatic rings. The van der Waals surface area contributed by atoms with Gasteiger partial charge in [-0.1, -0.05) is 30.3 Å². The summed E-state index contributed by atoms with van der Waals surface area (Å²) in [5.74, 6) is -0.152. The van der Waals surface area contributed by atoms with E-state index in [1.807, 2.05) is 13.0 Å². The fraction of sp³-hybridized carbons (Fsp3) is 0.312. The topological polar surface area (TPSA) is 38.3 Å². The van der Waals surface area contributed by atoms with Gasteiger partial charge in [0.15, 0.2) is 0 Å². The van der Waals surface area contributed by atoms with Crippen LogP contribution in [-0.4, -0.2) is 18.6 Å². The minimum Gasteiger partial charge on any atom is -0.464 e. The van der Waals surface area contributed by atoms with E-state index in [0.717, 1.165) is 18.5 Å². The van der Waals surface area contributed by atoms with Crippen molar-refractivity contribution in [1.29, 1.82) is 0 Å². The van der Waals surface area contributed by atoms with Crippen molar-refractivity contribution in [3.63, 3.8) is 0 Å². The third kappa shape index (κ3) is 2.16. The molecule has 1 aliphatic heterocycles. The Morgan fingerprint density at radius 1 is 1.32 bits per heavy atom. The summed E-state index contributed by atoms with van der Waals surface area (Å²) < 4.78 is 5.08. The average molecular weight is 255 g/mol. The van der Waals surface area contributed by atoms with Gasteiger partial charge in [-0.2, -0.15) is 0 Å². The third-order valence-electron chi connectivity index (χ3n) is 3.62. The van der Waals surface area contributed by atoms with Gasteiger partial charge in [0.05, 0.1) is 6.61 Å². The molecular weight excluding hydrogens is 238 g/mol. The van der Waals surface area contributed by atoms with E-state index in [9.17, 15) is 4.79 Å². The number of esters is 1. The van der Waals surface area contributed by atoms with Gasteiger partial charge >= 0.3 is 5.97 Å². The van der Waals surface area contributed by atoms with E-state index in [2.05, 4.69) is 35.6 Å².